The van der Waals surface area contributed by atoms with E-state index >= 15 is 0 Å². The number of aliphatic hydroxyl groups is 1. The van der Waals surface area contributed by atoms with E-state index in [0.717, 1.165) is 0 Å². The van der Waals surface area contributed by atoms with Gasteiger partial charge >= 0.3 is 8.80 Å². The fourth-order valence-corrected chi connectivity index (χ4v) is 1.22. The molecule has 0 spiro atoms. The molecule has 1 unspecified atom stereocenters. The van der Waals surface area contributed by atoms with E-state index in [1.807, 2.05) is 0 Å². The number of alkyl halides is 1. The summed E-state index contributed by atoms with van der Waals surface area (Å²) in [5, 5.41) is 8.61. The maximum absolute atomic E-state index is 8.61. The molecule has 0 rings (SSSR count). The first-order valence-corrected chi connectivity index (χ1v) is 4.85. The Morgan fingerprint density at radius 3 is 1.89 bits per heavy atom. The lowest BCUT2D eigenvalue weighted by atomic mass is 10.5. The van der Waals surface area contributed by atoms with Gasteiger partial charge in [0.25, 0.3) is 0 Å². The predicted molar refractivity (Wildman–Crippen MR) is 33.8 cm³/mol. The molecule has 0 heterocycles. The van der Waals surface area contributed by atoms with Gasteiger partial charge in [0.05, 0.1) is 0 Å². The lowest BCUT2D eigenvalue weighted by Crippen LogP contribution is -2.48. The second kappa shape index (κ2) is 3.50. The number of halogens is 1. The van der Waals surface area contributed by atoms with Crippen molar-refractivity contribution >= 4 is 20.4 Å². The molecule has 0 radical (unpaired) electrons. The summed E-state index contributed by atoms with van der Waals surface area (Å²) in [4.78, 5) is 25.1. The Morgan fingerprint density at radius 1 is 1.33 bits per heavy atom. The summed E-state index contributed by atoms with van der Waals surface area (Å²) in [6.07, 6.45) is -0.00270. The Kier molecular flexibility index (Phi) is 3.63. The molecule has 1 atom stereocenters. The third-order valence-corrected chi connectivity index (χ3v) is 2.23. The molecule has 0 amide bonds. The highest BCUT2D eigenvalue weighted by Crippen LogP contribution is 2.01. The fourth-order valence-electron chi connectivity index (χ4n) is 0.297. The molecule has 0 aromatic carbocycles. The van der Waals surface area contributed by atoms with E-state index in [1.165, 1.54) is 0 Å². The topological polar surface area (TPSA) is 80.9 Å². The van der Waals surface area contributed by atoms with Crippen molar-refractivity contribution in [3.05, 3.63) is 0 Å². The maximum atomic E-state index is 8.61. The molecular weight excluding hydrogens is 164 g/mol. The maximum Gasteiger partial charge on any atom is 0.522 e. The number of hydrogen-bond donors (Lipinski definition) is 4. The molecule has 0 aromatic heterocycles. The second-order valence-corrected chi connectivity index (χ2v) is 4.10. The van der Waals surface area contributed by atoms with Crippen LogP contribution in [0.1, 0.15) is 6.42 Å². The third-order valence-electron chi connectivity index (χ3n) is 0.830. The van der Waals surface area contributed by atoms with E-state index in [1.54, 1.807) is 0 Å². The van der Waals surface area contributed by atoms with Gasteiger partial charge < -0.3 is 19.5 Å². The van der Waals surface area contributed by atoms with E-state index in [9.17, 15) is 0 Å². The first-order valence-electron chi connectivity index (χ1n) is 2.39. The van der Waals surface area contributed by atoms with E-state index in [-0.39, 0.29) is 12.3 Å². The predicted octanol–water partition coefficient (Wildman–Crippen LogP) is -1.57. The molecule has 0 fully saturated rings. The third kappa shape index (κ3) is 3.85. The standard InChI is InChI=1S/C3H9ClO4Si/c4-2-1-3(5)9(6,7)8/h3,5-8H,1-2H2. The SMILES string of the molecule is OC(CCCl)[Si](O)(O)O. The minimum absolute atomic E-state index is 0.00270. The summed E-state index contributed by atoms with van der Waals surface area (Å²) in [5.74, 6) is 0.0948. The summed E-state index contributed by atoms with van der Waals surface area (Å²) in [7, 11) is -4.31. The fraction of sp³-hybridized carbons (Fsp3) is 1.00. The van der Waals surface area contributed by atoms with E-state index in [2.05, 4.69) is 0 Å². The van der Waals surface area contributed by atoms with Gasteiger partial charge in [-0.1, -0.05) is 0 Å². The average Bonchev–Trinajstić information content (AvgIpc) is 1.64. The lowest BCUT2D eigenvalue weighted by Gasteiger charge is -2.14. The van der Waals surface area contributed by atoms with Crippen molar-refractivity contribution in [2.24, 2.45) is 0 Å². The molecular formula is C3H9ClO4Si. The van der Waals surface area contributed by atoms with Gasteiger partial charge in [-0.3, -0.25) is 0 Å². The summed E-state index contributed by atoms with van der Waals surface area (Å²) in [6, 6.07) is 0. The second-order valence-electron chi connectivity index (χ2n) is 1.68. The highest BCUT2D eigenvalue weighted by atomic mass is 35.5. The van der Waals surface area contributed by atoms with Crippen LogP contribution >= 0.6 is 11.6 Å². The molecule has 4 N–H and O–H groups in total. The molecule has 0 aliphatic heterocycles. The van der Waals surface area contributed by atoms with Crippen molar-refractivity contribution in [1.82, 2.24) is 0 Å². The van der Waals surface area contributed by atoms with Gasteiger partial charge in [-0.05, 0) is 6.42 Å². The molecule has 9 heavy (non-hydrogen) atoms. The van der Waals surface area contributed by atoms with Crippen molar-refractivity contribution in [1.29, 1.82) is 0 Å². The monoisotopic (exact) mass is 172 g/mol. The van der Waals surface area contributed by atoms with Crippen molar-refractivity contribution in [3.63, 3.8) is 0 Å². The number of hydrogen-bond acceptors (Lipinski definition) is 4. The first kappa shape index (κ1) is 9.35. The van der Waals surface area contributed by atoms with Crippen LogP contribution in [0.15, 0.2) is 0 Å². The zero-order valence-corrected chi connectivity index (χ0v) is 6.41. The molecule has 0 aromatic rings. The highest BCUT2D eigenvalue weighted by molar-refractivity contribution is 6.57. The average molecular weight is 173 g/mol. The zero-order valence-electron chi connectivity index (χ0n) is 4.66. The zero-order chi connectivity index (χ0) is 7.49. The van der Waals surface area contributed by atoms with Crippen LogP contribution < -0.4 is 0 Å². The summed E-state index contributed by atoms with van der Waals surface area (Å²) < 4.78 is 0. The van der Waals surface area contributed by atoms with E-state index < -0.39 is 14.5 Å². The molecule has 0 aliphatic carbocycles. The van der Waals surface area contributed by atoms with Crippen LogP contribution in [-0.4, -0.2) is 39.9 Å². The molecule has 0 saturated carbocycles. The molecule has 0 aliphatic rings. The normalized spacial score (nSPS) is 15.7. The van der Waals surface area contributed by atoms with Crippen molar-refractivity contribution in [3.8, 4) is 0 Å². The minimum Gasteiger partial charge on any atom is -0.389 e. The molecule has 0 bridgehead atoms. The first-order chi connectivity index (χ1) is 3.98. The Labute approximate surface area is 58.7 Å². The number of aliphatic hydroxyl groups excluding tert-OH is 1. The van der Waals surface area contributed by atoms with Crippen molar-refractivity contribution < 1.29 is 19.5 Å². The molecule has 56 valence electrons. The minimum atomic E-state index is -4.31. The van der Waals surface area contributed by atoms with Gasteiger partial charge in [0.2, 0.25) is 0 Å². The Morgan fingerprint density at radius 2 is 1.78 bits per heavy atom. The lowest BCUT2D eigenvalue weighted by molar-refractivity contribution is 0.114. The van der Waals surface area contributed by atoms with Crippen LogP contribution in [0.3, 0.4) is 0 Å². The Hall–Kier alpha value is 0.347. The van der Waals surface area contributed by atoms with Gasteiger partial charge in [0, 0.05) is 5.88 Å². The van der Waals surface area contributed by atoms with Gasteiger partial charge in [0.15, 0.2) is 0 Å². The highest BCUT2D eigenvalue weighted by Gasteiger charge is 2.37. The summed E-state index contributed by atoms with van der Waals surface area (Å²) in [6.45, 7) is 0. The van der Waals surface area contributed by atoms with Crippen molar-refractivity contribution in [2.45, 2.75) is 12.1 Å². The van der Waals surface area contributed by atoms with Gasteiger partial charge in [-0.15, -0.1) is 11.6 Å². The van der Waals surface area contributed by atoms with Crippen LogP contribution in [-0.2, 0) is 0 Å². The van der Waals surface area contributed by atoms with E-state index in [4.69, 9.17) is 31.1 Å². The quantitative estimate of drug-likeness (QED) is 0.306. The van der Waals surface area contributed by atoms with Crippen LogP contribution in [0.2, 0.25) is 0 Å². The number of rotatable bonds is 3. The van der Waals surface area contributed by atoms with Crippen molar-refractivity contribution in [2.75, 3.05) is 5.88 Å². The Bertz CT molecular complexity index is 82.4. The largest absolute Gasteiger partial charge is 0.522 e. The van der Waals surface area contributed by atoms with Gasteiger partial charge in [0.1, 0.15) is 5.73 Å². The Balaban J connectivity index is 3.59. The molecule has 4 nitrogen and oxygen atoms in total. The van der Waals surface area contributed by atoms with E-state index in [0.29, 0.717) is 0 Å². The van der Waals surface area contributed by atoms with Gasteiger partial charge in [-0.2, -0.15) is 0 Å². The van der Waals surface area contributed by atoms with Gasteiger partial charge in [-0.25, -0.2) is 0 Å². The molecule has 0 saturated heterocycles. The summed E-state index contributed by atoms with van der Waals surface area (Å²) in [5.41, 5.74) is -1.46. The van der Waals surface area contributed by atoms with Crippen LogP contribution in [0, 0.1) is 0 Å². The summed E-state index contributed by atoms with van der Waals surface area (Å²) >= 11 is 5.13. The van der Waals surface area contributed by atoms with Crippen LogP contribution in [0.4, 0.5) is 0 Å². The molecule has 6 heteroatoms. The van der Waals surface area contributed by atoms with Crippen LogP contribution in [0.25, 0.3) is 0 Å². The smallest absolute Gasteiger partial charge is 0.389 e. The van der Waals surface area contributed by atoms with Crippen LogP contribution in [0.5, 0.6) is 0 Å².